The Morgan fingerprint density at radius 3 is 3.29 bits per heavy atom. The van der Waals surface area contributed by atoms with E-state index < -0.39 is 0 Å². The second-order valence-corrected chi connectivity index (χ2v) is 5.65. The Morgan fingerprint density at radius 1 is 1.59 bits per heavy atom. The van der Waals surface area contributed by atoms with Gasteiger partial charge in [0.25, 0.3) is 0 Å². The summed E-state index contributed by atoms with van der Waals surface area (Å²) in [5, 5.41) is 6.78. The number of thiazole rings is 1. The van der Waals surface area contributed by atoms with Crippen LogP contribution in [0.25, 0.3) is 0 Å². The SMILES string of the molecule is CCCc1nc(COCC2CCCNC2)cs1. The standard InChI is InChI=1S/C13H22N2OS/c1-2-4-13-15-12(10-17-13)9-16-8-11-5-3-6-14-7-11/h10-11,14H,2-9H2,1H3. The minimum absolute atomic E-state index is 0.677. The van der Waals surface area contributed by atoms with Crippen molar-refractivity contribution in [3.63, 3.8) is 0 Å². The molecule has 1 aromatic rings. The van der Waals surface area contributed by atoms with Crippen LogP contribution in [0.5, 0.6) is 0 Å². The van der Waals surface area contributed by atoms with Gasteiger partial charge >= 0.3 is 0 Å². The van der Waals surface area contributed by atoms with E-state index in [1.165, 1.54) is 30.8 Å². The highest BCUT2D eigenvalue weighted by molar-refractivity contribution is 7.09. The molecule has 0 spiro atoms. The van der Waals surface area contributed by atoms with Crippen LogP contribution >= 0.6 is 11.3 Å². The number of rotatable bonds is 6. The second kappa shape index (κ2) is 7.09. The zero-order valence-corrected chi connectivity index (χ0v) is 11.4. The predicted molar refractivity (Wildman–Crippen MR) is 71.4 cm³/mol. The van der Waals surface area contributed by atoms with Gasteiger partial charge in [-0.3, -0.25) is 0 Å². The molecule has 1 unspecified atom stereocenters. The molecule has 1 fully saturated rings. The molecule has 4 heteroatoms. The molecule has 2 heterocycles. The fraction of sp³-hybridized carbons (Fsp3) is 0.769. The average Bonchev–Trinajstić information content (AvgIpc) is 2.79. The van der Waals surface area contributed by atoms with Crippen molar-refractivity contribution in [3.05, 3.63) is 16.1 Å². The number of nitrogens with zero attached hydrogens (tertiary/aromatic N) is 1. The van der Waals surface area contributed by atoms with Gasteiger partial charge in [-0.15, -0.1) is 11.3 Å². The number of aromatic nitrogens is 1. The smallest absolute Gasteiger partial charge is 0.0929 e. The lowest BCUT2D eigenvalue weighted by atomic mass is 10.0. The highest BCUT2D eigenvalue weighted by atomic mass is 32.1. The van der Waals surface area contributed by atoms with Crippen molar-refractivity contribution in [1.82, 2.24) is 10.3 Å². The number of hydrogen-bond donors (Lipinski definition) is 1. The van der Waals surface area contributed by atoms with Gasteiger partial charge in [-0.25, -0.2) is 4.98 Å². The van der Waals surface area contributed by atoms with E-state index in [1.54, 1.807) is 11.3 Å². The summed E-state index contributed by atoms with van der Waals surface area (Å²) in [7, 11) is 0. The summed E-state index contributed by atoms with van der Waals surface area (Å²) in [6, 6.07) is 0. The summed E-state index contributed by atoms with van der Waals surface area (Å²) in [6.07, 6.45) is 4.84. The van der Waals surface area contributed by atoms with Crippen LogP contribution in [0.2, 0.25) is 0 Å². The van der Waals surface area contributed by atoms with Gasteiger partial charge in [0, 0.05) is 11.9 Å². The molecule has 3 nitrogen and oxygen atoms in total. The normalized spacial score (nSPS) is 20.6. The monoisotopic (exact) mass is 254 g/mol. The maximum absolute atomic E-state index is 5.75. The van der Waals surface area contributed by atoms with Crippen molar-refractivity contribution < 1.29 is 4.74 Å². The fourth-order valence-electron chi connectivity index (χ4n) is 2.14. The van der Waals surface area contributed by atoms with Gasteiger partial charge in [0.1, 0.15) is 0 Å². The minimum atomic E-state index is 0.677. The van der Waals surface area contributed by atoms with Crippen molar-refractivity contribution >= 4 is 11.3 Å². The largest absolute Gasteiger partial charge is 0.375 e. The molecular weight excluding hydrogens is 232 g/mol. The first-order valence-corrected chi connectivity index (χ1v) is 7.48. The Labute approximate surface area is 108 Å². The predicted octanol–water partition coefficient (Wildman–Crippen LogP) is 2.61. The number of nitrogens with one attached hydrogen (secondary N) is 1. The average molecular weight is 254 g/mol. The van der Waals surface area contributed by atoms with Gasteiger partial charge in [0.2, 0.25) is 0 Å². The van der Waals surface area contributed by atoms with E-state index in [0.29, 0.717) is 12.5 Å². The van der Waals surface area contributed by atoms with E-state index in [2.05, 4.69) is 22.6 Å². The van der Waals surface area contributed by atoms with Crippen LogP contribution in [0.3, 0.4) is 0 Å². The Morgan fingerprint density at radius 2 is 2.53 bits per heavy atom. The third kappa shape index (κ3) is 4.37. The van der Waals surface area contributed by atoms with E-state index in [4.69, 9.17) is 4.74 Å². The third-order valence-electron chi connectivity index (χ3n) is 3.07. The van der Waals surface area contributed by atoms with Crippen LogP contribution in [0, 0.1) is 5.92 Å². The molecular formula is C13H22N2OS. The zero-order valence-electron chi connectivity index (χ0n) is 10.6. The molecule has 0 aromatic carbocycles. The highest BCUT2D eigenvalue weighted by Gasteiger charge is 2.13. The Kier molecular flexibility index (Phi) is 5.42. The maximum atomic E-state index is 5.75. The number of hydrogen-bond acceptors (Lipinski definition) is 4. The Balaban J connectivity index is 1.66. The minimum Gasteiger partial charge on any atom is -0.375 e. The Bertz CT molecular complexity index is 321. The van der Waals surface area contributed by atoms with Crippen molar-refractivity contribution in [2.24, 2.45) is 5.92 Å². The van der Waals surface area contributed by atoms with Crippen LogP contribution < -0.4 is 5.32 Å². The van der Waals surface area contributed by atoms with Gasteiger partial charge in [-0.1, -0.05) is 6.92 Å². The maximum Gasteiger partial charge on any atom is 0.0929 e. The molecule has 1 aliphatic rings. The summed E-state index contributed by atoms with van der Waals surface area (Å²) >= 11 is 1.76. The number of ether oxygens (including phenoxy) is 1. The van der Waals surface area contributed by atoms with Crippen molar-refractivity contribution in [2.45, 2.75) is 39.2 Å². The van der Waals surface area contributed by atoms with Gasteiger partial charge in [-0.2, -0.15) is 0 Å². The van der Waals surface area contributed by atoms with Crippen molar-refractivity contribution in [3.8, 4) is 0 Å². The van der Waals surface area contributed by atoms with Gasteiger partial charge < -0.3 is 10.1 Å². The van der Waals surface area contributed by atoms with Crippen LogP contribution in [0.1, 0.15) is 36.9 Å². The summed E-state index contributed by atoms with van der Waals surface area (Å²) in [6.45, 7) is 6.01. The van der Waals surface area contributed by atoms with E-state index in [9.17, 15) is 0 Å². The lowest BCUT2D eigenvalue weighted by Gasteiger charge is -2.22. The third-order valence-corrected chi connectivity index (χ3v) is 4.02. The molecule has 1 N–H and O–H groups in total. The summed E-state index contributed by atoms with van der Waals surface area (Å²) in [5.74, 6) is 0.692. The van der Waals surface area contributed by atoms with Gasteiger partial charge in [0.15, 0.2) is 0 Å². The summed E-state index contributed by atoms with van der Waals surface area (Å²) in [5.41, 5.74) is 1.10. The molecule has 96 valence electrons. The van der Waals surface area contributed by atoms with Crippen LogP contribution in [0.15, 0.2) is 5.38 Å². The first-order valence-electron chi connectivity index (χ1n) is 6.60. The molecule has 0 bridgehead atoms. The van der Waals surface area contributed by atoms with E-state index in [1.807, 2.05) is 0 Å². The second-order valence-electron chi connectivity index (χ2n) is 4.71. The quantitative estimate of drug-likeness (QED) is 0.847. The zero-order chi connectivity index (χ0) is 11.9. The first kappa shape index (κ1) is 13.0. The van der Waals surface area contributed by atoms with Crippen LogP contribution in [-0.2, 0) is 17.8 Å². The topological polar surface area (TPSA) is 34.1 Å². The number of piperidine rings is 1. The van der Waals surface area contributed by atoms with Crippen molar-refractivity contribution in [1.29, 1.82) is 0 Å². The molecule has 0 radical (unpaired) electrons. The molecule has 2 rings (SSSR count). The lowest BCUT2D eigenvalue weighted by molar-refractivity contribution is 0.0765. The molecule has 0 aliphatic carbocycles. The first-order chi connectivity index (χ1) is 8.38. The molecule has 0 amide bonds. The molecule has 17 heavy (non-hydrogen) atoms. The van der Waals surface area contributed by atoms with E-state index in [0.717, 1.165) is 25.3 Å². The molecule has 0 saturated carbocycles. The molecule has 1 aromatic heterocycles. The van der Waals surface area contributed by atoms with Gasteiger partial charge in [-0.05, 0) is 38.1 Å². The van der Waals surface area contributed by atoms with E-state index >= 15 is 0 Å². The highest BCUT2D eigenvalue weighted by Crippen LogP contribution is 2.14. The fourth-order valence-corrected chi connectivity index (χ4v) is 3.03. The molecule has 1 aliphatic heterocycles. The van der Waals surface area contributed by atoms with Crippen LogP contribution in [0.4, 0.5) is 0 Å². The number of aryl methyl sites for hydroxylation is 1. The Hall–Kier alpha value is -0.450. The molecule has 1 saturated heterocycles. The summed E-state index contributed by atoms with van der Waals surface area (Å²) < 4.78 is 5.75. The summed E-state index contributed by atoms with van der Waals surface area (Å²) in [4.78, 5) is 4.56. The van der Waals surface area contributed by atoms with Crippen molar-refractivity contribution in [2.75, 3.05) is 19.7 Å². The lowest BCUT2D eigenvalue weighted by Crippen LogP contribution is -2.32. The van der Waals surface area contributed by atoms with E-state index in [-0.39, 0.29) is 0 Å². The van der Waals surface area contributed by atoms with Gasteiger partial charge in [0.05, 0.1) is 23.9 Å². The molecule has 1 atom stereocenters. The van der Waals surface area contributed by atoms with Crippen LogP contribution in [-0.4, -0.2) is 24.7 Å².